The molecule has 98 valence electrons. The number of hydrogen-bond donors (Lipinski definition) is 0. The average Bonchev–Trinajstić information content (AvgIpc) is 2.66. The molecule has 0 spiro atoms. The predicted octanol–water partition coefficient (Wildman–Crippen LogP) is 2.99. The van der Waals surface area contributed by atoms with E-state index in [1.807, 2.05) is 13.8 Å². The molecule has 0 atom stereocenters. The first kappa shape index (κ1) is 12.8. The van der Waals surface area contributed by atoms with Crippen LogP contribution in [0.1, 0.15) is 38.1 Å². The third-order valence-electron chi connectivity index (χ3n) is 2.62. The molecule has 0 aromatic carbocycles. The number of alkyl halides is 3. The lowest BCUT2D eigenvalue weighted by atomic mass is 10.1. The summed E-state index contributed by atoms with van der Waals surface area (Å²) >= 11 is 0. The fourth-order valence-corrected chi connectivity index (χ4v) is 1.64. The van der Waals surface area contributed by atoms with E-state index in [1.165, 1.54) is 10.9 Å². The molecular formula is C11H13F3N4. The first-order valence-corrected chi connectivity index (χ1v) is 5.65. The molecule has 0 amide bonds. The van der Waals surface area contributed by atoms with Gasteiger partial charge in [0.2, 0.25) is 0 Å². The van der Waals surface area contributed by atoms with Crippen LogP contribution < -0.4 is 0 Å². The molecule has 0 unspecified atom stereocenters. The molecule has 2 aromatic rings. The van der Waals surface area contributed by atoms with Gasteiger partial charge < -0.3 is 0 Å². The summed E-state index contributed by atoms with van der Waals surface area (Å²) in [5, 5.41) is 3.55. The topological polar surface area (TPSA) is 43.6 Å². The van der Waals surface area contributed by atoms with Crippen molar-refractivity contribution in [2.45, 2.75) is 39.4 Å². The van der Waals surface area contributed by atoms with Crippen molar-refractivity contribution in [3.8, 4) is 0 Å². The first-order valence-electron chi connectivity index (χ1n) is 5.65. The molecule has 0 saturated heterocycles. The van der Waals surface area contributed by atoms with Crippen molar-refractivity contribution in [3.63, 3.8) is 0 Å². The second kappa shape index (κ2) is 4.22. The second-order valence-corrected chi connectivity index (χ2v) is 4.28. The van der Waals surface area contributed by atoms with Gasteiger partial charge in [0, 0.05) is 12.7 Å². The van der Waals surface area contributed by atoms with Gasteiger partial charge in [0.05, 0.1) is 5.69 Å². The fraction of sp³-hybridized carbons (Fsp3) is 0.545. The molecule has 0 fully saturated rings. The third kappa shape index (κ3) is 2.04. The zero-order valence-electron chi connectivity index (χ0n) is 10.3. The summed E-state index contributed by atoms with van der Waals surface area (Å²) in [5.41, 5.74) is -0.308. The minimum atomic E-state index is -4.51. The normalized spacial score (nSPS) is 12.6. The quantitative estimate of drug-likeness (QED) is 0.831. The van der Waals surface area contributed by atoms with Gasteiger partial charge in [-0.25, -0.2) is 14.6 Å². The smallest absolute Gasteiger partial charge is 0.249 e. The molecule has 0 radical (unpaired) electrons. The number of aromatic nitrogens is 4. The van der Waals surface area contributed by atoms with Gasteiger partial charge >= 0.3 is 6.18 Å². The summed E-state index contributed by atoms with van der Waals surface area (Å²) in [6.07, 6.45) is -3.13. The van der Waals surface area contributed by atoms with Gasteiger partial charge in [-0.3, -0.25) is 0 Å². The Morgan fingerprint density at radius 1 is 1.33 bits per heavy atom. The molecule has 0 bridgehead atoms. The Balaban J connectivity index is 2.72. The highest BCUT2D eigenvalue weighted by atomic mass is 19.4. The number of aryl methyl sites for hydroxylation is 1. The van der Waals surface area contributed by atoms with Gasteiger partial charge in [0.1, 0.15) is 5.52 Å². The molecule has 0 aliphatic rings. The third-order valence-corrected chi connectivity index (χ3v) is 2.62. The molecular weight excluding hydrogens is 245 g/mol. The Hall–Kier alpha value is -1.66. The van der Waals surface area contributed by atoms with E-state index in [4.69, 9.17) is 0 Å². The van der Waals surface area contributed by atoms with Crippen LogP contribution in [-0.4, -0.2) is 19.7 Å². The molecule has 18 heavy (non-hydrogen) atoms. The van der Waals surface area contributed by atoms with Crippen LogP contribution >= 0.6 is 0 Å². The van der Waals surface area contributed by atoms with Crippen LogP contribution in [0.4, 0.5) is 13.2 Å². The zero-order chi connectivity index (χ0) is 13.5. The van der Waals surface area contributed by atoms with E-state index < -0.39 is 11.9 Å². The van der Waals surface area contributed by atoms with E-state index in [9.17, 15) is 13.2 Å². The Morgan fingerprint density at radius 3 is 2.50 bits per heavy atom. The molecule has 0 N–H and O–H groups in total. The number of nitrogens with zero attached hydrogens (tertiary/aromatic N) is 4. The SMILES string of the molecule is CCn1nc(C(F)(F)F)c2ncc(C(C)C)nc21. The molecule has 7 heteroatoms. The molecule has 4 nitrogen and oxygen atoms in total. The van der Waals surface area contributed by atoms with E-state index in [-0.39, 0.29) is 17.1 Å². The summed E-state index contributed by atoms with van der Waals surface area (Å²) < 4.78 is 39.6. The first-order chi connectivity index (χ1) is 8.34. The monoisotopic (exact) mass is 258 g/mol. The summed E-state index contributed by atoms with van der Waals surface area (Å²) in [4.78, 5) is 8.09. The van der Waals surface area contributed by atoms with Crippen molar-refractivity contribution in [2.75, 3.05) is 0 Å². The predicted molar refractivity (Wildman–Crippen MR) is 60.1 cm³/mol. The second-order valence-electron chi connectivity index (χ2n) is 4.28. The van der Waals surface area contributed by atoms with E-state index in [1.54, 1.807) is 6.92 Å². The van der Waals surface area contributed by atoms with Crippen LogP contribution in [0.5, 0.6) is 0 Å². The lowest BCUT2D eigenvalue weighted by molar-refractivity contribution is -0.140. The van der Waals surface area contributed by atoms with E-state index >= 15 is 0 Å². The van der Waals surface area contributed by atoms with Crippen molar-refractivity contribution in [1.29, 1.82) is 0 Å². The van der Waals surface area contributed by atoms with Crippen molar-refractivity contribution in [1.82, 2.24) is 19.7 Å². The summed E-state index contributed by atoms with van der Waals surface area (Å²) in [7, 11) is 0. The molecule has 2 rings (SSSR count). The standard InChI is InChI=1S/C11H13F3N4/c1-4-18-10-8(9(17-18)11(12,13)14)15-5-7(16-10)6(2)3/h5-6H,4H2,1-3H3. The van der Waals surface area contributed by atoms with Crippen LogP contribution in [0.25, 0.3) is 11.2 Å². The number of rotatable bonds is 2. The summed E-state index contributed by atoms with van der Waals surface area (Å²) in [6.45, 7) is 5.86. The maximum Gasteiger partial charge on any atom is 0.437 e. The summed E-state index contributed by atoms with van der Waals surface area (Å²) in [5.74, 6) is 0.108. The van der Waals surface area contributed by atoms with E-state index in [2.05, 4.69) is 15.1 Å². The molecule has 2 aromatic heterocycles. The van der Waals surface area contributed by atoms with Crippen LogP contribution in [0.15, 0.2) is 6.20 Å². The summed E-state index contributed by atoms with van der Waals surface area (Å²) in [6, 6.07) is 0. The lowest BCUT2D eigenvalue weighted by Gasteiger charge is -2.04. The Bertz CT molecular complexity index is 571. The van der Waals surface area contributed by atoms with Crippen LogP contribution in [0.3, 0.4) is 0 Å². The van der Waals surface area contributed by atoms with E-state index in [0.29, 0.717) is 12.2 Å². The molecule has 0 saturated carbocycles. The molecule has 0 aliphatic carbocycles. The van der Waals surface area contributed by atoms with Crippen molar-refractivity contribution >= 4 is 11.2 Å². The highest BCUT2D eigenvalue weighted by molar-refractivity contribution is 5.74. The highest BCUT2D eigenvalue weighted by Gasteiger charge is 2.38. The van der Waals surface area contributed by atoms with Gasteiger partial charge in [0.25, 0.3) is 0 Å². The molecule has 0 aliphatic heterocycles. The number of halogens is 3. The van der Waals surface area contributed by atoms with Crippen LogP contribution in [-0.2, 0) is 12.7 Å². The highest BCUT2D eigenvalue weighted by Crippen LogP contribution is 2.32. The van der Waals surface area contributed by atoms with E-state index in [0.717, 1.165) is 0 Å². The Labute approximate surface area is 102 Å². The van der Waals surface area contributed by atoms with Crippen LogP contribution in [0.2, 0.25) is 0 Å². The van der Waals surface area contributed by atoms with Gasteiger partial charge in [0.15, 0.2) is 11.3 Å². The van der Waals surface area contributed by atoms with Crippen molar-refractivity contribution in [2.24, 2.45) is 0 Å². The molecule has 2 heterocycles. The van der Waals surface area contributed by atoms with Gasteiger partial charge in [-0.2, -0.15) is 18.3 Å². The Kier molecular flexibility index (Phi) is 3.00. The average molecular weight is 258 g/mol. The number of hydrogen-bond acceptors (Lipinski definition) is 3. The zero-order valence-corrected chi connectivity index (χ0v) is 10.3. The lowest BCUT2D eigenvalue weighted by Crippen LogP contribution is -2.08. The minimum absolute atomic E-state index is 0.108. The number of fused-ring (bicyclic) bond motifs is 1. The fourth-order valence-electron chi connectivity index (χ4n) is 1.64. The largest absolute Gasteiger partial charge is 0.437 e. The maximum atomic E-state index is 12.8. The van der Waals surface area contributed by atoms with Crippen molar-refractivity contribution in [3.05, 3.63) is 17.6 Å². The Morgan fingerprint density at radius 2 is 2.00 bits per heavy atom. The maximum absolute atomic E-state index is 12.8. The van der Waals surface area contributed by atoms with Gasteiger partial charge in [-0.15, -0.1) is 0 Å². The van der Waals surface area contributed by atoms with Gasteiger partial charge in [-0.05, 0) is 12.8 Å². The minimum Gasteiger partial charge on any atom is -0.249 e. The van der Waals surface area contributed by atoms with Crippen molar-refractivity contribution < 1.29 is 13.2 Å². The van der Waals surface area contributed by atoms with Gasteiger partial charge in [-0.1, -0.05) is 13.8 Å². The van der Waals surface area contributed by atoms with Crippen LogP contribution in [0, 0.1) is 0 Å².